The van der Waals surface area contributed by atoms with Crippen LogP contribution in [-0.2, 0) is 4.74 Å². The van der Waals surface area contributed by atoms with Crippen LogP contribution in [0.5, 0.6) is 0 Å². The van der Waals surface area contributed by atoms with Crippen molar-refractivity contribution >= 4 is 22.6 Å². The quantitative estimate of drug-likeness (QED) is 0.524. The number of aliphatic hydroxyl groups is 1. The molecule has 3 heteroatoms. The minimum absolute atomic E-state index is 0.315. The molecule has 0 spiro atoms. The first-order valence-corrected chi connectivity index (χ1v) is 4.85. The Hall–Kier alpha value is -0.570. The molecule has 2 nitrogen and oxygen atoms in total. The van der Waals surface area contributed by atoms with Crippen LogP contribution in [0, 0.1) is 9.85 Å². The van der Waals surface area contributed by atoms with Gasteiger partial charge in [-0.2, -0.15) is 0 Å². The molecule has 0 aromatic heterocycles. The Morgan fingerprint density at radius 1 is 1.38 bits per heavy atom. The molecule has 1 atom stereocenters. The van der Waals surface area contributed by atoms with Crippen molar-refractivity contribution in [2.45, 2.75) is 6.10 Å². The van der Waals surface area contributed by atoms with Gasteiger partial charge in [0.05, 0.1) is 0 Å². The molecule has 0 amide bonds. The summed E-state index contributed by atoms with van der Waals surface area (Å²) in [7, 11) is 0. The SMILES string of the molecule is OCOC(C#CI)c1ccccc1. The van der Waals surface area contributed by atoms with Crippen LogP contribution in [0.4, 0.5) is 0 Å². The molecule has 0 aliphatic heterocycles. The molecule has 0 fully saturated rings. The summed E-state index contributed by atoms with van der Waals surface area (Å²) in [6, 6.07) is 9.59. The molecule has 0 aliphatic rings. The lowest BCUT2D eigenvalue weighted by Crippen LogP contribution is -2.02. The number of hydrogen-bond donors (Lipinski definition) is 1. The maximum Gasteiger partial charge on any atom is 0.147 e. The first-order valence-electron chi connectivity index (χ1n) is 3.77. The minimum Gasteiger partial charge on any atom is -0.371 e. The zero-order valence-corrected chi connectivity index (χ0v) is 9.06. The van der Waals surface area contributed by atoms with E-state index in [9.17, 15) is 0 Å². The van der Waals surface area contributed by atoms with Crippen LogP contribution in [-0.4, -0.2) is 11.9 Å². The van der Waals surface area contributed by atoms with Crippen LogP contribution in [0.15, 0.2) is 30.3 Å². The Morgan fingerprint density at radius 3 is 2.62 bits per heavy atom. The lowest BCUT2D eigenvalue weighted by atomic mass is 10.1. The number of rotatable bonds is 3. The summed E-state index contributed by atoms with van der Waals surface area (Å²) >= 11 is 1.95. The summed E-state index contributed by atoms with van der Waals surface area (Å²) in [5.41, 5.74) is 0.959. The van der Waals surface area contributed by atoms with Crippen LogP contribution >= 0.6 is 22.6 Å². The molecule has 13 heavy (non-hydrogen) atoms. The largest absolute Gasteiger partial charge is 0.371 e. The lowest BCUT2D eigenvalue weighted by molar-refractivity contribution is -0.0282. The number of ether oxygens (including phenoxy) is 1. The Kier molecular flexibility index (Phi) is 4.83. The van der Waals surface area contributed by atoms with Gasteiger partial charge in [-0.05, 0) is 9.49 Å². The van der Waals surface area contributed by atoms with E-state index in [2.05, 4.69) is 9.85 Å². The van der Waals surface area contributed by atoms with Crippen LogP contribution in [0.25, 0.3) is 0 Å². The molecule has 0 saturated heterocycles. The fraction of sp³-hybridized carbons (Fsp3) is 0.200. The topological polar surface area (TPSA) is 29.5 Å². The standard InChI is InChI=1S/C10H9IO2/c11-7-6-10(13-8-12)9-4-2-1-3-5-9/h1-5,10,12H,8H2. The Morgan fingerprint density at radius 2 is 2.08 bits per heavy atom. The molecule has 1 aromatic rings. The van der Waals surface area contributed by atoms with Gasteiger partial charge in [0.25, 0.3) is 0 Å². The molecule has 0 bridgehead atoms. The number of hydrogen-bond acceptors (Lipinski definition) is 2. The van der Waals surface area contributed by atoms with E-state index in [1.54, 1.807) is 0 Å². The monoisotopic (exact) mass is 288 g/mol. The number of aliphatic hydroxyl groups excluding tert-OH is 1. The highest BCUT2D eigenvalue weighted by Crippen LogP contribution is 2.15. The molecular weight excluding hydrogens is 279 g/mol. The molecule has 1 unspecified atom stereocenters. The third-order valence-corrected chi connectivity index (χ3v) is 1.84. The normalized spacial score (nSPS) is 11.5. The Labute approximate surface area is 91.1 Å². The molecule has 68 valence electrons. The molecule has 0 aliphatic carbocycles. The molecule has 0 saturated carbocycles. The third-order valence-electron chi connectivity index (χ3n) is 1.53. The number of benzene rings is 1. The van der Waals surface area contributed by atoms with Gasteiger partial charge in [-0.15, -0.1) is 0 Å². The van der Waals surface area contributed by atoms with Crippen molar-refractivity contribution in [1.29, 1.82) is 0 Å². The minimum atomic E-state index is -0.330. The lowest BCUT2D eigenvalue weighted by Gasteiger charge is -2.09. The first kappa shape index (κ1) is 10.5. The predicted octanol–water partition coefficient (Wildman–Crippen LogP) is 2.09. The zero-order valence-electron chi connectivity index (χ0n) is 6.90. The molecular formula is C10H9IO2. The second-order valence-corrected chi connectivity index (χ2v) is 2.86. The summed E-state index contributed by atoms with van der Waals surface area (Å²) in [5.74, 6) is 2.85. The number of halogens is 1. The van der Waals surface area contributed by atoms with Crippen LogP contribution < -0.4 is 0 Å². The van der Waals surface area contributed by atoms with E-state index >= 15 is 0 Å². The van der Waals surface area contributed by atoms with Gasteiger partial charge in [0.2, 0.25) is 0 Å². The summed E-state index contributed by atoms with van der Waals surface area (Å²) < 4.78 is 7.78. The van der Waals surface area contributed by atoms with E-state index in [-0.39, 0.29) is 12.9 Å². The summed E-state index contributed by atoms with van der Waals surface area (Å²) in [5, 5.41) is 8.63. The Balaban J connectivity index is 2.80. The average molecular weight is 288 g/mol. The van der Waals surface area contributed by atoms with E-state index in [0.29, 0.717) is 0 Å². The molecule has 1 N–H and O–H groups in total. The van der Waals surface area contributed by atoms with Gasteiger partial charge in [-0.3, -0.25) is 0 Å². The molecule has 0 radical (unpaired) electrons. The molecule has 1 aromatic carbocycles. The van der Waals surface area contributed by atoms with Crippen molar-refractivity contribution in [3.8, 4) is 9.85 Å². The fourth-order valence-electron chi connectivity index (χ4n) is 0.973. The maximum atomic E-state index is 8.63. The van der Waals surface area contributed by atoms with Crippen molar-refractivity contribution in [3.05, 3.63) is 35.9 Å². The van der Waals surface area contributed by atoms with E-state index in [4.69, 9.17) is 9.84 Å². The third kappa shape index (κ3) is 3.35. The van der Waals surface area contributed by atoms with Crippen molar-refractivity contribution in [2.75, 3.05) is 6.79 Å². The van der Waals surface area contributed by atoms with Gasteiger partial charge >= 0.3 is 0 Å². The molecule has 0 heterocycles. The van der Waals surface area contributed by atoms with Crippen LogP contribution in [0.3, 0.4) is 0 Å². The summed E-state index contributed by atoms with van der Waals surface area (Å²) in [6.07, 6.45) is -0.330. The fourth-order valence-corrected chi connectivity index (χ4v) is 1.26. The van der Waals surface area contributed by atoms with Crippen LogP contribution in [0.1, 0.15) is 11.7 Å². The summed E-state index contributed by atoms with van der Waals surface area (Å²) in [4.78, 5) is 0. The van der Waals surface area contributed by atoms with Gasteiger partial charge in [-0.25, -0.2) is 0 Å². The van der Waals surface area contributed by atoms with E-state index in [1.807, 2.05) is 52.9 Å². The zero-order chi connectivity index (χ0) is 9.52. The van der Waals surface area contributed by atoms with E-state index in [0.717, 1.165) is 5.56 Å². The molecule has 1 rings (SSSR count). The van der Waals surface area contributed by atoms with Gasteiger partial charge in [0.15, 0.2) is 0 Å². The van der Waals surface area contributed by atoms with Gasteiger partial charge in [0.1, 0.15) is 12.9 Å². The average Bonchev–Trinajstić information content (AvgIpc) is 2.19. The highest BCUT2D eigenvalue weighted by molar-refractivity contribution is 14.1. The second kappa shape index (κ2) is 5.97. The van der Waals surface area contributed by atoms with Crippen molar-refractivity contribution in [3.63, 3.8) is 0 Å². The van der Waals surface area contributed by atoms with Crippen LogP contribution in [0.2, 0.25) is 0 Å². The Bertz CT molecular complexity index is 300. The van der Waals surface area contributed by atoms with E-state index in [1.165, 1.54) is 0 Å². The van der Waals surface area contributed by atoms with E-state index < -0.39 is 0 Å². The van der Waals surface area contributed by atoms with Gasteiger partial charge < -0.3 is 9.84 Å². The van der Waals surface area contributed by atoms with Gasteiger partial charge in [-0.1, -0.05) is 36.3 Å². The first-order chi connectivity index (χ1) is 6.38. The smallest absolute Gasteiger partial charge is 0.147 e. The second-order valence-electron chi connectivity index (χ2n) is 2.33. The van der Waals surface area contributed by atoms with Crippen molar-refractivity contribution < 1.29 is 9.84 Å². The van der Waals surface area contributed by atoms with Gasteiger partial charge in [0, 0.05) is 22.6 Å². The van der Waals surface area contributed by atoms with Crippen molar-refractivity contribution in [2.24, 2.45) is 0 Å². The maximum absolute atomic E-state index is 8.63. The highest BCUT2D eigenvalue weighted by Gasteiger charge is 2.06. The summed E-state index contributed by atoms with van der Waals surface area (Å²) in [6.45, 7) is -0.315. The predicted molar refractivity (Wildman–Crippen MR) is 59.1 cm³/mol. The van der Waals surface area contributed by atoms with Crippen molar-refractivity contribution in [1.82, 2.24) is 0 Å². The highest BCUT2D eigenvalue weighted by atomic mass is 127.